The Hall–Kier alpha value is -2.22. The molecule has 0 saturated heterocycles. The highest BCUT2D eigenvalue weighted by Gasteiger charge is 2.21. The highest BCUT2D eigenvalue weighted by molar-refractivity contribution is 5.77. The Kier molecular flexibility index (Phi) is 3.46. The van der Waals surface area contributed by atoms with E-state index in [9.17, 15) is 4.39 Å². The van der Waals surface area contributed by atoms with Gasteiger partial charge < -0.3 is 0 Å². The molecule has 0 unspecified atom stereocenters. The Bertz CT molecular complexity index is 806. The molecule has 0 fully saturated rings. The average molecular weight is 280 g/mol. The van der Waals surface area contributed by atoms with Crippen LogP contribution < -0.4 is 4.57 Å². The molecule has 0 radical (unpaired) electrons. The molecule has 0 aliphatic rings. The molecule has 0 bridgehead atoms. The van der Waals surface area contributed by atoms with E-state index in [1.165, 1.54) is 17.0 Å². The fourth-order valence-electron chi connectivity index (χ4n) is 2.87. The minimum Gasteiger partial charge on any atom is -0.207 e. The summed E-state index contributed by atoms with van der Waals surface area (Å²) < 4.78 is 15.9. The number of pyridine rings is 1. The molecule has 1 nitrogen and oxygen atoms in total. The third kappa shape index (κ3) is 2.42. The first-order chi connectivity index (χ1) is 10.1. The number of hydrogen-bond acceptors (Lipinski definition) is 0. The first kappa shape index (κ1) is 13.7. The predicted molar refractivity (Wildman–Crippen MR) is 84.7 cm³/mol. The van der Waals surface area contributed by atoms with Crippen LogP contribution in [0.2, 0.25) is 0 Å². The average Bonchev–Trinajstić information content (AvgIpc) is 2.48. The van der Waals surface area contributed by atoms with Gasteiger partial charge in [-0.3, -0.25) is 0 Å². The zero-order valence-electron chi connectivity index (χ0n) is 12.6. The highest BCUT2D eigenvalue weighted by Crippen LogP contribution is 2.25. The third-order valence-electron chi connectivity index (χ3n) is 3.87. The van der Waals surface area contributed by atoms with Gasteiger partial charge >= 0.3 is 0 Å². The van der Waals surface area contributed by atoms with Crippen molar-refractivity contribution in [2.75, 3.05) is 0 Å². The van der Waals surface area contributed by atoms with Crippen LogP contribution in [0.15, 0.2) is 54.6 Å². The topological polar surface area (TPSA) is 3.88 Å². The second kappa shape index (κ2) is 5.28. The van der Waals surface area contributed by atoms with E-state index in [-0.39, 0.29) is 5.82 Å². The van der Waals surface area contributed by atoms with E-state index in [0.717, 1.165) is 16.8 Å². The van der Waals surface area contributed by atoms with E-state index in [0.29, 0.717) is 6.04 Å². The van der Waals surface area contributed by atoms with Crippen molar-refractivity contribution in [3.05, 3.63) is 66.0 Å². The summed E-state index contributed by atoms with van der Waals surface area (Å²) in [7, 11) is 0. The summed E-state index contributed by atoms with van der Waals surface area (Å²) in [4.78, 5) is 0. The number of nitrogens with zero attached hydrogens (tertiary/aromatic N) is 1. The van der Waals surface area contributed by atoms with Crippen LogP contribution in [0.5, 0.6) is 0 Å². The van der Waals surface area contributed by atoms with Crippen molar-refractivity contribution < 1.29 is 8.96 Å². The summed E-state index contributed by atoms with van der Waals surface area (Å²) in [6.07, 6.45) is 0. The lowest BCUT2D eigenvalue weighted by Crippen LogP contribution is -2.39. The number of aromatic nitrogens is 1. The minimum absolute atomic E-state index is 0.195. The van der Waals surface area contributed by atoms with Gasteiger partial charge in [0.15, 0.2) is 6.04 Å². The van der Waals surface area contributed by atoms with Crippen LogP contribution in [0.4, 0.5) is 4.39 Å². The van der Waals surface area contributed by atoms with Crippen molar-refractivity contribution >= 4 is 10.9 Å². The second-order valence-electron chi connectivity index (χ2n) is 5.70. The molecule has 0 saturated carbocycles. The third-order valence-corrected chi connectivity index (χ3v) is 3.87. The first-order valence-electron chi connectivity index (χ1n) is 7.28. The van der Waals surface area contributed by atoms with Crippen LogP contribution in [0, 0.1) is 12.7 Å². The van der Waals surface area contributed by atoms with Crippen LogP contribution in [-0.4, -0.2) is 0 Å². The van der Waals surface area contributed by atoms with Gasteiger partial charge in [-0.05, 0) is 50.6 Å². The molecule has 1 aromatic heterocycles. The SMILES string of the molecule is Cc1ccc(F)cc1-c1ccc2ccccc2[n+]1C(C)C. The summed E-state index contributed by atoms with van der Waals surface area (Å²) in [6, 6.07) is 17.8. The van der Waals surface area contributed by atoms with Gasteiger partial charge in [0.05, 0.1) is 5.56 Å². The molecule has 106 valence electrons. The molecular formula is C19H19FN+. The molecule has 0 aliphatic heterocycles. The second-order valence-corrected chi connectivity index (χ2v) is 5.70. The van der Waals surface area contributed by atoms with Crippen LogP contribution in [-0.2, 0) is 0 Å². The Labute approximate surface area is 124 Å². The summed E-state index contributed by atoms with van der Waals surface area (Å²) in [6.45, 7) is 6.34. The van der Waals surface area contributed by atoms with Gasteiger partial charge in [-0.25, -0.2) is 4.39 Å². The lowest BCUT2D eigenvalue weighted by Gasteiger charge is -2.12. The Balaban J connectivity index is 2.37. The van der Waals surface area contributed by atoms with Gasteiger partial charge in [0.2, 0.25) is 11.2 Å². The number of benzene rings is 2. The molecule has 0 N–H and O–H groups in total. The summed E-state index contributed by atoms with van der Waals surface area (Å²) in [5.74, 6) is -0.195. The quantitative estimate of drug-likeness (QED) is 0.592. The van der Waals surface area contributed by atoms with Gasteiger partial charge in [0.25, 0.3) is 0 Å². The van der Waals surface area contributed by atoms with E-state index >= 15 is 0 Å². The van der Waals surface area contributed by atoms with Gasteiger partial charge in [-0.2, -0.15) is 4.57 Å². The zero-order chi connectivity index (χ0) is 15.0. The highest BCUT2D eigenvalue weighted by atomic mass is 19.1. The number of hydrogen-bond donors (Lipinski definition) is 0. The van der Waals surface area contributed by atoms with Crippen molar-refractivity contribution in [2.45, 2.75) is 26.8 Å². The van der Waals surface area contributed by atoms with E-state index in [1.807, 2.05) is 25.1 Å². The predicted octanol–water partition coefficient (Wildman–Crippen LogP) is 4.82. The largest absolute Gasteiger partial charge is 0.213 e. The van der Waals surface area contributed by atoms with E-state index < -0.39 is 0 Å². The number of para-hydroxylation sites is 1. The van der Waals surface area contributed by atoms with Crippen molar-refractivity contribution in [1.29, 1.82) is 0 Å². The molecule has 2 heteroatoms. The van der Waals surface area contributed by atoms with Crippen molar-refractivity contribution in [3.63, 3.8) is 0 Å². The number of fused-ring (bicyclic) bond motifs is 1. The fraction of sp³-hybridized carbons (Fsp3) is 0.211. The first-order valence-corrected chi connectivity index (χ1v) is 7.28. The Morgan fingerprint density at radius 2 is 1.71 bits per heavy atom. The van der Waals surface area contributed by atoms with Crippen LogP contribution in [0.3, 0.4) is 0 Å². The van der Waals surface area contributed by atoms with Crippen LogP contribution >= 0.6 is 0 Å². The van der Waals surface area contributed by atoms with E-state index in [1.54, 1.807) is 6.07 Å². The maximum absolute atomic E-state index is 13.7. The zero-order valence-corrected chi connectivity index (χ0v) is 12.6. The van der Waals surface area contributed by atoms with Crippen molar-refractivity contribution in [3.8, 4) is 11.3 Å². The smallest absolute Gasteiger partial charge is 0.207 e. The monoisotopic (exact) mass is 280 g/mol. The maximum atomic E-state index is 13.7. The molecule has 1 heterocycles. The molecule has 21 heavy (non-hydrogen) atoms. The molecule has 0 atom stereocenters. The summed E-state index contributed by atoms with van der Waals surface area (Å²) >= 11 is 0. The molecule has 0 aliphatic carbocycles. The van der Waals surface area contributed by atoms with Crippen molar-refractivity contribution in [1.82, 2.24) is 0 Å². The summed E-state index contributed by atoms with van der Waals surface area (Å²) in [5, 5.41) is 1.20. The lowest BCUT2D eigenvalue weighted by atomic mass is 10.0. The van der Waals surface area contributed by atoms with E-state index in [4.69, 9.17) is 0 Å². The van der Waals surface area contributed by atoms with Crippen molar-refractivity contribution in [2.24, 2.45) is 0 Å². The molecule has 3 rings (SSSR count). The lowest BCUT2D eigenvalue weighted by molar-refractivity contribution is -0.680. The fourth-order valence-corrected chi connectivity index (χ4v) is 2.87. The Morgan fingerprint density at radius 1 is 0.952 bits per heavy atom. The number of aryl methyl sites for hydroxylation is 1. The number of halogens is 1. The maximum Gasteiger partial charge on any atom is 0.213 e. The minimum atomic E-state index is -0.195. The van der Waals surface area contributed by atoms with Gasteiger partial charge in [-0.15, -0.1) is 0 Å². The molecular weight excluding hydrogens is 261 g/mol. The van der Waals surface area contributed by atoms with Crippen LogP contribution in [0.1, 0.15) is 25.5 Å². The molecule has 2 aromatic carbocycles. The standard InChI is InChI=1S/C19H19FN/c1-13(2)21-18-7-5-4-6-15(18)9-11-19(21)17-12-16(20)10-8-14(17)3/h4-13H,1-3H3/q+1. The van der Waals surface area contributed by atoms with Gasteiger partial charge in [0.1, 0.15) is 5.82 Å². The molecule has 0 amide bonds. The molecule has 0 spiro atoms. The Morgan fingerprint density at radius 3 is 2.48 bits per heavy atom. The normalized spacial score (nSPS) is 11.3. The molecule has 3 aromatic rings. The van der Waals surface area contributed by atoms with Gasteiger partial charge in [0, 0.05) is 17.5 Å². The van der Waals surface area contributed by atoms with Crippen LogP contribution in [0.25, 0.3) is 22.2 Å². The summed E-state index contributed by atoms with van der Waals surface area (Å²) in [5.41, 5.74) is 4.27. The van der Waals surface area contributed by atoms with Gasteiger partial charge in [-0.1, -0.05) is 18.2 Å². The number of rotatable bonds is 2. The van der Waals surface area contributed by atoms with E-state index in [2.05, 4.69) is 42.7 Å².